The van der Waals surface area contributed by atoms with Gasteiger partial charge in [0.25, 0.3) is 5.91 Å². The molecule has 152 valence electrons. The van der Waals surface area contributed by atoms with Crippen molar-refractivity contribution in [2.24, 2.45) is 5.92 Å². The molecule has 1 saturated heterocycles. The van der Waals surface area contributed by atoms with Crippen LogP contribution in [0.25, 0.3) is 0 Å². The van der Waals surface area contributed by atoms with Gasteiger partial charge in [0, 0.05) is 31.2 Å². The molecule has 0 radical (unpaired) electrons. The highest BCUT2D eigenvalue weighted by Crippen LogP contribution is 2.26. The molecule has 1 aliphatic heterocycles. The maximum absolute atomic E-state index is 12.6. The van der Waals surface area contributed by atoms with Gasteiger partial charge in [-0.1, -0.05) is 24.8 Å². The second-order valence-electron chi connectivity index (χ2n) is 7.76. The Morgan fingerprint density at radius 1 is 1.18 bits per heavy atom. The Morgan fingerprint density at radius 2 is 1.89 bits per heavy atom. The molecule has 0 aromatic heterocycles. The van der Waals surface area contributed by atoms with Crippen molar-refractivity contribution in [3.05, 3.63) is 29.8 Å². The number of piperidine rings is 1. The number of nitrogens with one attached hydrogen (secondary N) is 2. The number of likely N-dealkylation sites (tertiary alicyclic amines) is 1. The van der Waals surface area contributed by atoms with Crippen LogP contribution in [0.2, 0.25) is 0 Å². The second kappa shape index (κ2) is 9.55. The number of rotatable bonds is 7. The minimum Gasteiger partial charge on any atom is -0.349 e. The standard InChI is InChI=1S/C21H29N3O3S/c1-2-12-22-28(26,27)20-9-5-8-18(15-20)21(25)23-19-10-13-24(14-11-19)16-17-6-3-4-7-17/h1,5,8-9,15,17,19,22H,3-4,6-7,10-14,16H2,(H,23,25). The number of amides is 1. The van der Waals surface area contributed by atoms with E-state index in [1.165, 1.54) is 44.4 Å². The van der Waals surface area contributed by atoms with Gasteiger partial charge in [0.2, 0.25) is 10.0 Å². The van der Waals surface area contributed by atoms with Gasteiger partial charge in [-0.05, 0) is 49.8 Å². The van der Waals surface area contributed by atoms with Crippen LogP contribution < -0.4 is 10.0 Å². The van der Waals surface area contributed by atoms with Gasteiger partial charge >= 0.3 is 0 Å². The molecule has 1 heterocycles. The van der Waals surface area contributed by atoms with E-state index in [9.17, 15) is 13.2 Å². The lowest BCUT2D eigenvalue weighted by Crippen LogP contribution is -2.45. The normalized spacial score (nSPS) is 19.4. The maximum atomic E-state index is 12.6. The minimum atomic E-state index is -3.71. The summed E-state index contributed by atoms with van der Waals surface area (Å²) in [4.78, 5) is 15.2. The molecule has 2 N–H and O–H groups in total. The number of carbonyl (C=O) groups is 1. The number of sulfonamides is 1. The molecule has 6 nitrogen and oxygen atoms in total. The number of hydrogen-bond donors (Lipinski definition) is 2. The summed E-state index contributed by atoms with van der Waals surface area (Å²) >= 11 is 0. The van der Waals surface area contributed by atoms with Gasteiger partial charge in [0.05, 0.1) is 11.4 Å². The zero-order valence-electron chi connectivity index (χ0n) is 16.2. The van der Waals surface area contributed by atoms with Gasteiger partial charge in [-0.3, -0.25) is 4.79 Å². The molecule has 3 rings (SSSR count). The molecule has 28 heavy (non-hydrogen) atoms. The summed E-state index contributed by atoms with van der Waals surface area (Å²) in [5.41, 5.74) is 0.344. The molecule has 2 fully saturated rings. The minimum absolute atomic E-state index is 0.0433. The van der Waals surface area contributed by atoms with Crippen molar-refractivity contribution in [2.45, 2.75) is 49.5 Å². The third-order valence-corrected chi connectivity index (χ3v) is 7.08. The molecule has 2 aliphatic rings. The van der Waals surface area contributed by atoms with E-state index >= 15 is 0 Å². The maximum Gasteiger partial charge on any atom is 0.251 e. The smallest absolute Gasteiger partial charge is 0.251 e. The lowest BCUT2D eigenvalue weighted by molar-refractivity contribution is 0.0905. The summed E-state index contributed by atoms with van der Waals surface area (Å²) < 4.78 is 26.7. The summed E-state index contributed by atoms with van der Waals surface area (Å²) in [6.07, 6.45) is 12.4. The zero-order valence-corrected chi connectivity index (χ0v) is 17.0. The predicted octanol–water partition coefficient (Wildman–Crippen LogP) is 1.98. The predicted molar refractivity (Wildman–Crippen MR) is 109 cm³/mol. The molecule has 0 atom stereocenters. The molecule has 0 bridgehead atoms. The first-order chi connectivity index (χ1) is 13.5. The number of nitrogens with zero attached hydrogens (tertiary/aromatic N) is 1. The Labute approximate surface area is 168 Å². The van der Waals surface area contributed by atoms with E-state index in [2.05, 4.69) is 20.9 Å². The highest BCUT2D eigenvalue weighted by Gasteiger charge is 2.25. The topological polar surface area (TPSA) is 78.5 Å². The number of hydrogen-bond acceptors (Lipinski definition) is 4. The van der Waals surface area contributed by atoms with Gasteiger partial charge in [-0.2, -0.15) is 4.72 Å². The summed E-state index contributed by atoms with van der Waals surface area (Å²) in [6, 6.07) is 6.18. The molecule has 1 saturated carbocycles. The average Bonchev–Trinajstić information content (AvgIpc) is 3.21. The highest BCUT2D eigenvalue weighted by atomic mass is 32.2. The van der Waals surface area contributed by atoms with E-state index in [1.54, 1.807) is 12.1 Å². The summed E-state index contributed by atoms with van der Waals surface area (Å²) in [5, 5.41) is 3.06. The Hall–Kier alpha value is -1.88. The van der Waals surface area contributed by atoms with Crippen LogP contribution >= 0.6 is 0 Å². The lowest BCUT2D eigenvalue weighted by atomic mass is 10.0. The first-order valence-corrected chi connectivity index (χ1v) is 11.5. The summed E-state index contributed by atoms with van der Waals surface area (Å²) in [7, 11) is -3.71. The van der Waals surface area contributed by atoms with Crippen molar-refractivity contribution < 1.29 is 13.2 Å². The Bertz CT molecular complexity index is 818. The van der Waals surface area contributed by atoms with Crippen molar-refractivity contribution >= 4 is 15.9 Å². The fourth-order valence-electron chi connectivity index (χ4n) is 4.11. The fourth-order valence-corrected chi connectivity index (χ4v) is 5.09. The van der Waals surface area contributed by atoms with Crippen LogP contribution in [0.1, 0.15) is 48.9 Å². The largest absolute Gasteiger partial charge is 0.349 e. The third-order valence-electron chi connectivity index (χ3n) is 5.68. The van der Waals surface area contributed by atoms with Gasteiger partial charge in [0.1, 0.15) is 0 Å². The van der Waals surface area contributed by atoms with E-state index in [0.717, 1.165) is 31.8 Å². The molecular formula is C21H29N3O3S. The fraction of sp³-hybridized carbons (Fsp3) is 0.571. The van der Waals surface area contributed by atoms with Crippen molar-refractivity contribution in [1.82, 2.24) is 14.9 Å². The van der Waals surface area contributed by atoms with Crippen LogP contribution in [0.5, 0.6) is 0 Å². The van der Waals surface area contributed by atoms with E-state index in [4.69, 9.17) is 6.42 Å². The first kappa shape index (κ1) is 20.8. The van der Waals surface area contributed by atoms with Gasteiger partial charge < -0.3 is 10.2 Å². The molecule has 0 spiro atoms. The molecule has 7 heteroatoms. The Morgan fingerprint density at radius 3 is 2.57 bits per heavy atom. The molecule has 1 aromatic rings. The SMILES string of the molecule is C#CCNS(=O)(=O)c1cccc(C(=O)NC2CCN(CC3CCCC3)CC2)c1. The molecule has 1 aliphatic carbocycles. The molecule has 0 unspecified atom stereocenters. The molecule has 1 amide bonds. The van der Waals surface area contributed by atoms with Gasteiger partial charge in [0.15, 0.2) is 0 Å². The summed E-state index contributed by atoms with van der Waals surface area (Å²) in [6.45, 7) is 3.11. The van der Waals surface area contributed by atoms with Crippen molar-refractivity contribution in [3.8, 4) is 12.3 Å². The van der Waals surface area contributed by atoms with E-state index in [1.807, 2.05) is 0 Å². The highest BCUT2D eigenvalue weighted by molar-refractivity contribution is 7.89. The van der Waals surface area contributed by atoms with Gasteiger partial charge in [-0.15, -0.1) is 6.42 Å². The van der Waals surface area contributed by atoms with Crippen LogP contribution in [-0.4, -0.2) is 51.4 Å². The Kier molecular flexibility index (Phi) is 7.11. The van der Waals surface area contributed by atoms with Crippen LogP contribution in [0, 0.1) is 18.3 Å². The van der Waals surface area contributed by atoms with Crippen molar-refractivity contribution in [2.75, 3.05) is 26.2 Å². The van der Waals surface area contributed by atoms with E-state index in [0.29, 0.717) is 5.56 Å². The second-order valence-corrected chi connectivity index (χ2v) is 9.52. The monoisotopic (exact) mass is 403 g/mol. The lowest BCUT2D eigenvalue weighted by Gasteiger charge is -2.33. The number of carbonyl (C=O) groups excluding carboxylic acids is 1. The third kappa shape index (κ3) is 5.57. The van der Waals surface area contributed by atoms with E-state index in [-0.39, 0.29) is 23.4 Å². The average molecular weight is 404 g/mol. The number of terminal acetylenes is 1. The zero-order chi connectivity index (χ0) is 20.0. The summed E-state index contributed by atoms with van der Waals surface area (Å²) in [5.74, 6) is 2.85. The first-order valence-electron chi connectivity index (χ1n) is 10.0. The van der Waals surface area contributed by atoms with Crippen molar-refractivity contribution in [1.29, 1.82) is 0 Å². The van der Waals surface area contributed by atoms with Crippen molar-refractivity contribution in [3.63, 3.8) is 0 Å². The molecule has 1 aromatic carbocycles. The van der Waals surface area contributed by atoms with Gasteiger partial charge in [-0.25, -0.2) is 8.42 Å². The van der Waals surface area contributed by atoms with Crippen LogP contribution in [0.4, 0.5) is 0 Å². The molecular weight excluding hydrogens is 374 g/mol. The van der Waals surface area contributed by atoms with E-state index < -0.39 is 10.0 Å². The van der Waals surface area contributed by atoms with Crippen LogP contribution in [-0.2, 0) is 10.0 Å². The Balaban J connectivity index is 1.52. The quantitative estimate of drug-likeness (QED) is 0.683. The van der Waals surface area contributed by atoms with Crippen LogP contribution in [0.3, 0.4) is 0 Å². The van der Waals surface area contributed by atoms with Crippen LogP contribution in [0.15, 0.2) is 29.2 Å². The number of benzene rings is 1.